The number of halogens is 6. The van der Waals surface area contributed by atoms with Gasteiger partial charge in [-0.25, -0.2) is 9.78 Å². The average Bonchev–Trinajstić information content (AvgIpc) is 3.13. The van der Waals surface area contributed by atoms with Gasteiger partial charge >= 0.3 is 18.4 Å². The van der Waals surface area contributed by atoms with Gasteiger partial charge in [0.2, 0.25) is 0 Å². The number of aliphatic hydroxyl groups excluding tert-OH is 1. The van der Waals surface area contributed by atoms with Crippen LogP contribution in [0.5, 0.6) is 0 Å². The molecule has 1 saturated heterocycles. The van der Waals surface area contributed by atoms with Crippen molar-refractivity contribution in [3.63, 3.8) is 0 Å². The van der Waals surface area contributed by atoms with Gasteiger partial charge in [-0.3, -0.25) is 0 Å². The fourth-order valence-corrected chi connectivity index (χ4v) is 3.77. The molecule has 0 saturated carbocycles. The van der Waals surface area contributed by atoms with Crippen LogP contribution in [-0.2, 0) is 17.1 Å². The summed E-state index contributed by atoms with van der Waals surface area (Å²) in [6.45, 7) is 5.10. The Bertz CT molecular complexity index is 1010. The van der Waals surface area contributed by atoms with Crippen LogP contribution in [0.1, 0.15) is 56.5 Å². The van der Waals surface area contributed by atoms with E-state index in [9.17, 15) is 36.2 Å². The first-order valence-electron chi connectivity index (χ1n) is 9.85. The molecule has 1 aromatic carbocycles. The Hall–Kier alpha value is -2.56. The number of hydrogen-bond acceptors (Lipinski definition) is 4. The molecule has 176 valence electrons. The quantitative estimate of drug-likeness (QED) is 0.579. The number of aromatic nitrogens is 1. The van der Waals surface area contributed by atoms with Gasteiger partial charge in [-0.2, -0.15) is 26.3 Å². The standard InChI is InChI=1S/C21H22F6N2O3/c1-19(2,3)32-18(31)29-9-5-8-14(29)17(30)12-10-15(21(25,26)27)28-16-11(12)6-4-7-13(16)20(22,23)24/h4,6-7,10,14,17,30H,5,8-9H2,1-3H3/t14-,17?/m1/s1. The van der Waals surface area contributed by atoms with Crippen LogP contribution < -0.4 is 0 Å². The summed E-state index contributed by atoms with van der Waals surface area (Å²) in [4.78, 5) is 17.0. The maximum Gasteiger partial charge on any atom is 0.433 e. The van der Waals surface area contributed by atoms with Crippen LogP contribution in [0, 0.1) is 0 Å². The molecule has 3 rings (SSSR count). The molecular weight excluding hydrogens is 442 g/mol. The minimum atomic E-state index is -5.04. The van der Waals surface area contributed by atoms with Gasteiger partial charge in [0.25, 0.3) is 0 Å². The Morgan fingerprint density at radius 1 is 1.16 bits per heavy atom. The van der Waals surface area contributed by atoms with Gasteiger partial charge in [0.1, 0.15) is 17.4 Å². The summed E-state index contributed by atoms with van der Waals surface area (Å²) in [6, 6.07) is 2.41. The molecule has 5 nitrogen and oxygen atoms in total. The molecule has 1 aliphatic rings. The van der Waals surface area contributed by atoms with E-state index in [1.807, 2.05) is 0 Å². The summed E-state index contributed by atoms with van der Waals surface area (Å²) in [5.41, 5.74) is -5.04. The lowest BCUT2D eigenvalue weighted by atomic mass is 9.94. The summed E-state index contributed by atoms with van der Waals surface area (Å²) < 4.78 is 86.0. The van der Waals surface area contributed by atoms with Gasteiger partial charge in [-0.05, 0) is 51.3 Å². The number of pyridine rings is 1. The normalized spacial score (nSPS) is 18.8. The number of likely N-dealkylation sites (tertiary alicyclic amines) is 1. The van der Waals surface area contributed by atoms with Crippen LogP contribution in [0.2, 0.25) is 0 Å². The third-order valence-electron chi connectivity index (χ3n) is 5.08. The van der Waals surface area contributed by atoms with Crippen molar-refractivity contribution in [2.75, 3.05) is 6.54 Å². The van der Waals surface area contributed by atoms with Crippen LogP contribution >= 0.6 is 0 Å². The minimum Gasteiger partial charge on any atom is -0.444 e. The first-order valence-corrected chi connectivity index (χ1v) is 9.85. The van der Waals surface area contributed by atoms with Gasteiger partial charge in [-0.1, -0.05) is 12.1 Å². The minimum absolute atomic E-state index is 0.194. The molecule has 11 heteroatoms. The van der Waals surface area contributed by atoms with E-state index >= 15 is 0 Å². The second-order valence-corrected chi connectivity index (χ2v) is 8.62. The van der Waals surface area contributed by atoms with E-state index in [2.05, 4.69) is 4.98 Å². The number of carbonyl (C=O) groups is 1. The van der Waals surface area contributed by atoms with Crippen molar-refractivity contribution in [1.82, 2.24) is 9.88 Å². The second-order valence-electron chi connectivity index (χ2n) is 8.62. The molecular formula is C21H22F6N2O3. The fourth-order valence-electron chi connectivity index (χ4n) is 3.77. The molecule has 2 atom stereocenters. The third-order valence-corrected chi connectivity index (χ3v) is 5.08. The zero-order valence-corrected chi connectivity index (χ0v) is 17.5. The molecule has 1 amide bonds. The zero-order valence-electron chi connectivity index (χ0n) is 17.5. The number of para-hydroxylation sites is 1. The number of hydrogen-bond donors (Lipinski definition) is 1. The Morgan fingerprint density at radius 2 is 1.81 bits per heavy atom. The van der Waals surface area contributed by atoms with Gasteiger partial charge in [-0.15, -0.1) is 0 Å². The van der Waals surface area contributed by atoms with E-state index in [4.69, 9.17) is 4.74 Å². The Kier molecular flexibility index (Phi) is 6.09. The summed E-state index contributed by atoms with van der Waals surface area (Å²) >= 11 is 0. The summed E-state index contributed by atoms with van der Waals surface area (Å²) in [7, 11) is 0. The lowest BCUT2D eigenvalue weighted by molar-refractivity contribution is -0.142. The molecule has 2 heterocycles. The van der Waals surface area contributed by atoms with Crippen LogP contribution in [0.25, 0.3) is 10.9 Å². The SMILES string of the molecule is CC(C)(C)OC(=O)N1CCC[C@@H]1C(O)c1cc(C(F)(F)F)nc2c(C(F)(F)F)cccc12. The number of alkyl halides is 6. The maximum absolute atomic E-state index is 13.5. The largest absolute Gasteiger partial charge is 0.444 e. The first kappa shape index (κ1) is 24.1. The molecule has 1 fully saturated rings. The Balaban J connectivity index is 2.14. The van der Waals surface area contributed by atoms with E-state index < -0.39 is 53.0 Å². The number of amides is 1. The van der Waals surface area contributed by atoms with Crippen LogP contribution in [0.4, 0.5) is 31.1 Å². The highest BCUT2D eigenvalue weighted by molar-refractivity contribution is 5.86. The van der Waals surface area contributed by atoms with Crippen molar-refractivity contribution in [1.29, 1.82) is 0 Å². The molecule has 0 radical (unpaired) electrons. The molecule has 1 aromatic heterocycles. The lowest BCUT2D eigenvalue weighted by Crippen LogP contribution is -2.42. The Labute approximate surface area is 180 Å². The number of carbonyl (C=O) groups excluding carboxylic acids is 1. The molecule has 1 unspecified atom stereocenters. The maximum atomic E-state index is 13.5. The molecule has 0 bridgehead atoms. The van der Waals surface area contributed by atoms with Gasteiger partial charge < -0.3 is 14.7 Å². The number of benzene rings is 1. The van der Waals surface area contributed by atoms with E-state index in [1.165, 1.54) is 11.0 Å². The first-order chi connectivity index (χ1) is 14.6. The third kappa shape index (κ3) is 4.92. The zero-order chi connectivity index (χ0) is 24.1. The highest BCUT2D eigenvalue weighted by Gasteiger charge is 2.41. The topological polar surface area (TPSA) is 62.7 Å². The summed E-state index contributed by atoms with van der Waals surface area (Å²) in [6.07, 6.45) is -11.7. The van der Waals surface area contributed by atoms with Crippen LogP contribution in [0.15, 0.2) is 24.3 Å². The van der Waals surface area contributed by atoms with E-state index in [1.54, 1.807) is 20.8 Å². The molecule has 0 aliphatic carbocycles. The van der Waals surface area contributed by atoms with Crippen molar-refractivity contribution < 1.29 is 41.0 Å². The number of aliphatic hydroxyl groups is 1. The van der Waals surface area contributed by atoms with Crippen molar-refractivity contribution >= 4 is 17.0 Å². The molecule has 0 spiro atoms. The highest BCUT2D eigenvalue weighted by atomic mass is 19.4. The fraction of sp³-hybridized carbons (Fsp3) is 0.524. The van der Waals surface area contributed by atoms with Crippen molar-refractivity contribution in [2.45, 2.75) is 63.7 Å². The molecule has 2 aromatic rings. The second kappa shape index (κ2) is 8.09. The number of nitrogens with zero attached hydrogens (tertiary/aromatic N) is 2. The van der Waals surface area contributed by atoms with E-state index in [0.717, 1.165) is 6.07 Å². The number of rotatable bonds is 2. The van der Waals surface area contributed by atoms with Crippen molar-refractivity contribution in [3.05, 3.63) is 41.1 Å². The van der Waals surface area contributed by atoms with Gasteiger partial charge in [0.05, 0.1) is 17.1 Å². The molecule has 1 N–H and O–H groups in total. The van der Waals surface area contributed by atoms with E-state index in [-0.39, 0.29) is 23.9 Å². The van der Waals surface area contributed by atoms with Crippen LogP contribution in [-0.4, -0.2) is 39.3 Å². The van der Waals surface area contributed by atoms with Crippen molar-refractivity contribution in [3.8, 4) is 0 Å². The summed E-state index contributed by atoms with van der Waals surface area (Å²) in [5, 5.41) is 10.7. The average molecular weight is 464 g/mol. The predicted molar refractivity (Wildman–Crippen MR) is 103 cm³/mol. The monoisotopic (exact) mass is 464 g/mol. The van der Waals surface area contributed by atoms with E-state index in [0.29, 0.717) is 18.6 Å². The van der Waals surface area contributed by atoms with Gasteiger partial charge in [0.15, 0.2) is 0 Å². The summed E-state index contributed by atoms with van der Waals surface area (Å²) in [5.74, 6) is 0. The smallest absolute Gasteiger partial charge is 0.433 e. The Morgan fingerprint density at radius 3 is 2.38 bits per heavy atom. The van der Waals surface area contributed by atoms with Crippen LogP contribution in [0.3, 0.4) is 0 Å². The molecule has 1 aliphatic heterocycles. The highest BCUT2D eigenvalue weighted by Crippen LogP contribution is 2.41. The lowest BCUT2D eigenvalue weighted by Gasteiger charge is -2.31. The number of ether oxygens (including phenoxy) is 1. The number of fused-ring (bicyclic) bond motifs is 1. The predicted octanol–water partition coefficient (Wildman–Crippen LogP) is 5.71. The molecule has 32 heavy (non-hydrogen) atoms. The van der Waals surface area contributed by atoms with Gasteiger partial charge in [0, 0.05) is 11.9 Å². The van der Waals surface area contributed by atoms with Crippen molar-refractivity contribution in [2.24, 2.45) is 0 Å².